The number of alkyl halides is 3. The van der Waals surface area contributed by atoms with Crippen LogP contribution in [0.25, 0.3) is 0 Å². The molecule has 0 unspecified atom stereocenters. The third-order valence-electron chi connectivity index (χ3n) is 7.13. The zero-order valence-corrected chi connectivity index (χ0v) is 23.5. The van der Waals surface area contributed by atoms with Crippen molar-refractivity contribution >= 4 is 29.0 Å². The van der Waals surface area contributed by atoms with Crippen LogP contribution in [-0.2, 0) is 24.1 Å². The highest BCUT2D eigenvalue weighted by Gasteiger charge is 2.32. The Morgan fingerprint density at radius 1 is 1.10 bits per heavy atom. The fourth-order valence-electron chi connectivity index (χ4n) is 5.11. The molecule has 1 aromatic heterocycles. The predicted molar refractivity (Wildman–Crippen MR) is 148 cm³/mol. The van der Waals surface area contributed by atoms with Gasteiger partial charge in [0, 0.05) is 53.0 Å². The minimum absolute atomic E-state index is 0.0000798. The molecule has 0 aliphatic heterocycles. The number of halogens is 6. The first-order valence-electron chi connectivity index (χ1n) is 13.1. The molecule has 4 rings (SSSR count). The summed E-state index contributed by atoms with van der Waals surface area (Å²) < 4.78 is 69.9. The van der Waals surface area contributed by atoms with Gasteiger partial charge in [-0.1, -0.05) is 30.7 Å². The molecule has 42 heavy (non-hydrogen) atoms. The van der Waals surface area contributed by atoms with E-state index in [9.17, 15) is 36.6 Å². The number of aliphatic hydroxyl groups excluding tert-OH is 1. The Bertz CT molecular complexity index is 1520. The number of benzene rings is 2. The second kappa shape index (κ2) is 12.8. The van der Waals surface area contributed by atoms with E-state index < -0.39 is 40.8 Å². The molecule has 224 valence electrons. The molecule has 6 nitrogen and oxygen atoms in total. The molecule has 0 fully saturated rings. The number of aliphatic hydroxyl groups is 1. The van der Waals surface area contributed by atoms with Crippen molar-refractivity contribution in [1.29, 1.82) is 0 Å². The molecule has 2 aromatic carbocycles. The van der Waals surface area contributed by atoms with Crippen LogP contribution in [0.5, 0.6) is 0 Å². The molecule has 3 N–H and O–H groups in total. The quantitative estimate of drug-likeness (QED) is 0.182. The Hall–Kier alpha value is -3.54. The van der Waals surface area contributed by atoms with Gasteiger partial charge in [-0.3, -0.25) is 9.59 Å². The Labute approximate surface area is 244 Å². The van der Waals surface area contributed by atoms with Crippen LogP contribution in [-0.4, -0.2) is 34.0 Å². The first-order chi connectivity index (χ1) is 19.8. The number of hydrogen-bond donors (Lipinski definition) is 3. The number of carbonyl (C=O) groups excluding carboxylic acids is 2. The molecule has 0 saturated heterocycles. The lowest BCUT2D eigenvalue weighted by Gasteiger charge is -2.21. The molecule has 0 saturated carbocycles. The fraction of sp³-hybridized carbons (Fsp3) is 0.333. The van der Waals surface area contributed by atoms with Crippen LogP contribution in [0.4, 0.5) is 27.6 Å². The number of nitrogens with one attached hydrogen (secondary N) is 2. The van der Waals surface area contributed by atoms with Crippen LogP contribution < -0.4 is 10.6 Å². The standard InChI is InChI=1S/C30H29ClF5N3O3/c1-16(41)14-39-24(13-37-23-5-3-18(7-23)15-40)12-27(28(39)17(2)25-11-21(32)4-6-26(25)31)38-29(42)19-8-20(30(34,35)36)10-22(33)9-19/h3-6,8-12,17-18,23,37,40H,7,13-15H2,1-2H3,(H,38,42)/t17-,18+,23-/m1/s1. The lowest BCUT2D eigenvalue weighted by molar-refractivity contribution is -0.137. The van der Waals surface area contributed by atoms with Gasteiger partial charge in [-0.15, -0.1) is 0 Å². The molecular weight excluding hydrogens is 581 g/mol. The average molecular weight is 610 g/mol. The normalized spacial score (nSPS) is 17.5. The number of hydrogen-bond acceptors (Lipinski definition) is 4. The smallest absolute Gasteiger partial charge is 0.396 e. The highest BCUT2D eigenvalue weighted by Crippen LogP contribution is 2.37. The van der Waals surface area contributed by atoms with Crippen LogP contribution in [0.3, 0.4) is 0 Å². The van der Waals surface area contributed by atoms with Crippen molar-refractivity contribution in [3.05, 3.63) is 99.4 Å². The van der Waals surface area contributed by atoms with E-state index >= 15 is 0 Å². The topological polar surface area (TPSA) is 83.4 Å². The first kappa shape index (κ1) is 31.4. The fourth-order valence-corrected chi connectivity index (χ4v) is 5.39. The second-order valence-electron chi connectivity index (χ2n) is 10.3. The summed E-state index contributed by atoms with van der Waals surface area (Å²) in [6.45, 7) is 3.14. The highest BCUT2D eigenvalue weighted by atomic mass is 35.5. The van der Waals surface area contributed by atoms with E-state index in [0.29, 0.717) is 41.6 Å². The summed E-state index contributed by atoms with van der Waals surface area (Å²) in [5.41, 5.74) is -0.494. The van der Waals surface area contributed by atoms with Crippen molar-refractivity contribution in [3.63, 3.8) is 0 Å². The van der Waals surface area contributed by atoms with Crippen molar-refractivity contribution in [1.82, 2.24) is 9.88 Å². The van der Waals surface area contributed by atoms with E-state index in [2.05, 4.69) is 10.6 Å². The van der Waals surface area contributed by atoms with Gasteiger partial charge in [0.15, 0.2) is 0 Å². The number of aromatic nitrogens is 1. The van der Waals surface area contributed by atoms with Crippen LogP contribution in [0, 0.1) is 17.6 Å². The number of Topliss-reactive ketones (excluding diaryl/α,β-unsaturated/α-hetero) is 1. The average Bonchev–Trinajstić information content (AvgIpc) is 3.51. The van der Waals surface area contributed by atoms with Crippen molar-refractivity contribution in [2.45, 2.75) is 51.5 Å². The summed E-state index contributed by atoms with van der Waals surface area (Å²) in [5, 5.41) is 15.6. The maximum absolute atomic E-state index is 14.2. The van der Waals surface area contributed by atoms with Crippen LogP contribution in [0.2, 0.25) is 5.02 Å². The summed E-state index contributed by atoms with van der Waals surface area (Å²) >= 11 is 6.39. The number of amides is 1. The van der Waals surface area contributed by atoms with E-state index in [-0.39, 0.29) is 48.1 Å². The Balaban J connectivity index is 1.78. The Kier molecular flexibility index (Phi) is 9.54. The second-order valence-corrected chi connectivity index (χ2v) is 10.7. The molecule has 0 radical (unpaired) electrons. The van der Waals surface area contributed by atoms with Crippen LogP contribution >= 0.6 is 11.6 Å². The van der Waals surface area contributed by atoms with Gasteiger partial charge in [0.2, 0.25) is 0 Å². The van der Waals surface area contributed by atoms with E-state index in [1.807, 2.05) is 12.2 Å². The Morgan fingerprint density at radius 3 is 2.48 bits per heavy atom. The van der Waals surface area contributed by atoms with Crippen molar-refractivity contribution in [2.75, 3.05) is 11.9 Å². The van der Waals surface area contributed by atoms with Crippen LogP contribution in [0.1, 0.15) is 59.1 Å². The first-order valence-corrected chi connectivity index (χ1v) is 13.5. The molecule has 3 aromatic rings. The zero-order chi connectivity index (χ0) is 30.8. The lowest BCUT2D eigenvalue weighted by atomic mass is 9.96. The van der Waals surface area contributed by atoms with Gasteiger partial charge in [-0.2, -0.15) is 13.2 Å². The summed E-state index contributed by atoms with van der Waals surface area (Å²) in [4.78, 5) is 25.6. The molecular formula is C30H29ClF5N3O3. The van der Waals surface area contributed by atoms with E-state index in [0.717, 1.165) is 0 Å². The third kappa shape index (κ3) is 7.26. The Morgan fingerprint density at radius 2 is 1.83 bits per heavy atom. The van der Waals surface area contributed by atoms with Gasteiger partial charge in [0.25, 0.3) is 5.91 Å². The number of anilines is 1. The third-order valence-corrected chi connectivity index (χ3v) is 7.47. The molecule has 1 aliphatic carbocycles. The lowest BCUT2D eigenvalue weighted by Crippen LogP contribution is -2.28. The summed E-state index contributed by atoms with van der Waals surface area (Å²) in [5.74, 6) is -3.74. The maximum atomic E-state index is 14.2. The largest absolute Gasteiger partial charge is 0.416 e. The van der Waals surface area contributed by atoms with Gasteiger partial charge < -0.3 is 20.3 Å². The summed E-state index contributed by atoms with van der Waals surface area (Å²) in [6.07, 6.45) is -0.416. The predicted octanol–water partition coefficient (Wildman–Crippen LogP) is 6.46. The van der Waals surface area contributed by atoms with Crippen molar-refractivity contribution < 1.29 is 36.6 Å². The summed E-state index contributed by atoms with van der Waals surface area (Å²) in [7, 11) is 0. The number of ketones is 1. The SMILES string of the molecule is CC(=O)Cn1c(CN[C@@H]2C=C[C@H](CO)C2)cc(NC(=O)c2cc(F)cc(C(F)(F)F)c2)c1[C@H](C)c1cc(F)ccc1Cl. The highest BCUT2D eigenvalue weighted by molar-refractivity contribution is 6.31. The van der Waals surface area contributed by atoms with E-state index in [1.165, 1.54) is 25.1 Å². The van der Waals surface area contributed by atoms with Gasteiger partial charge in [0.1, 0.15) is 17.4 Å². The zero-order valence-electron chi connectivity index (χ0n) is 22.7. The minimum Gasteiger partial charge on any atom is -0.396 e. The molecule has 3 atom stereocenters. The summed E-state index contributed by atoms with van der Waals surface area (Å²) in [6, 6.07) is 6.80. The van der Waals surface area contributed by atoms with Gasteiger partial charge in [0.05, 0.1) is 17.8 Å². The van der Waals surface area contributed by atoms with Crippen molar-refractivity contribution in [3.8, 4) is 0 Å². The molecule has 1 heterocycles. The van der Waals surface area contributed by atoms with E-state index in [1.54, 1.807) is 17.6 Å². The molecule has 1 aliphatic rings. The molecule has 1 amide bonds. The maximum Gasteiger partial charge on any atom is 0.416 e. The van der Waals surface area contributed by atoms with Crippen LogP contribution in [0.15, 0.2) is 54.6 Å². The monoisotopic (exact) mass is 609 g/mol. The number of nitrogens with zero attached hydrogens (tertiary/aromatic N) is 1. The number of carbonyl (C=O) groups is 2. The molecule has 12 heteroatoms. The minimum atomic E-state index is -4.88. The van der Waals surface area contributed by atoms with E-state index in [4.69, 9.17) is 11.6 Å². The van der Waals surface area contributed by atoms with Gasteiger partial charge >= 0.3 is 6.18 Å². The van der Waals surface area contributed by atoms with Crippen molar-refractivity contribution in [2.24, 2.45) is 5.92 Å². The number of rotatable bonds is 10. The molecule has 0 spiro atoms. The molecule has 0 bridgehead atoms. The van der Waals surface area contributed by atoms with Gasteiger partial charge in [-0.25, -0.2) is 8.78 Å². The van der Waals surface area contributed by atoms with Gasteiger partial charge in [-0.05, 0) is 61.4 Å².